The quantitative estimate of drug-likeness (QED) is 0.877. The zero-order valence-corrected chi connectivity index (χ0v) is 12.2. The third-order valence-electron chi connectivity index (χ3n) is 2.46. The molecule has 1 aromatic heterocycles. The monoisotopic (exact) mass is 327 g/mol. The van der Waals surface area contributed by atoms with Gasteiger partial charge in [-0.1, -0.05) is 27.5 Å². The molecule has 5 heteroatoms. The van der Waals surface area contributed by atoms with Gasteiger partial charge < -0.3 is 9.73 Å². The fourth-order valence-electron chi connectivity index (χ4n) is 1.64. The standard InChI is InChI=1S/C13H11BrClNO2/c1-7-5-10(8(2)18-7)13(17)16-12-6-9(14)3-4-11(12)15/h3-6H,1-2H3,(H,16,17). The van der Waals surface area contributed by atoms with E-state index in [1.165, 1.54) is 0 Å². The average molecular weight is 329 g/mol. The van der Waals surface area contributed by atoms with Crippen LogP contribution in [-0.4, -0.2) is 5.91 Å². The number of carbonyl (C=O) groups is 1. The Kier molecular flexibility index (Phi) is 3.78. The maximum atomic E-state index is 12.1. The SMILES string of the molecule is Cc1cc(C(=O)Nc2cc(Br)ccc2Cl)c(C)o1. The number of furan rings is 1. The van der Waals surface area contributed by atoms with Crippen LogP contribution in [0.3, 0.4) is 0 Å². The Hall–Kier alpha value is -1.26. The Balaban J connectivity index is 2.26. The molecule has 0 aliphatic rings. The van der Waals surface area contributed by atoms with Crippen molar-refractivity contribution in [1.29, 1.82) is 0 Å². The third-order valence-corrected chi connectivity index (χ3v) is 3.29. The van der Waals surface area contributed by atoms with Crippen molar-refractivity contribution in [3.05, 3.63) is 50.8 Å². The molecule has 0 radical (unpaired) electrons. The molecule has 0 aliphatic carbocycles. The van der Waals surface area contributed by atoms with Gasteiger partial charge in [0, 0.05) is 4.47 Å². The summed E-state index contributed by atoms with van der Waals surface area (Å²) < 4.78 is 6.17. The minimum absolute atomic E-state index is 0.232. The second-order valence-corrected chi connectivity index (χ2v) is 5.23. The Morgan fingerprint density at radius 1 is 1.33 bits per heavy atom. The molecule has 0 saturated heterocycles. The first-order valence-corrected chi connectivity index (χ1v) is 6.48. The zero-order valence-electron chi connectivity index (χ0n) is 9.88. The van der Waals surface area contributed by atoms with E-state index < -0.39 is 0 Å². The van der Waals surface area contributed by atoms with E-state index in [1.54, 1.807) is 32.0 Å². The minimum atomic E-state index is -0.232. The highest BCUT2D eigenvalue weighted by atomic mass is 79.9. The van der Waals surface area contributed by atoms with E-state index in [1.807, 2.05) is 6.07 Å². The number of hydrogen-bond donors (Lipinski definition) is 1. The highest BCUT2D eigenvalue weighted by Gasteiger charge is 2.14. The summed E-state index contributed by atoms with van der Waals surface area (Å²) in [6.45, 7) is 3.56. The van der Waals surface area contributed by atoms with Crippen molar-refractivity contribution < 1.29 is 9.21 Å². The summed E-state index contributed by atoms with van der Waals surface area (Å²) in [6, 6.07) is 6.99. The van der Waals surface area contributed by atoms with Crippen molar-refractivity contribution >= 4 is 39.1 Å². The van der Waals surface area contributed by atoms with Gasteiger partial charge in [0.1, 0.15) is 11.5 Å². The molecule has 1 aromatic carbocycles. The van der Waals surface area contributed by atoms with E-state index in [0.717, 1.165) is 4.47 Å². The van der Waals surface area contributed by atoms with Crippen molar-refractivity contribution in [3.8, 4) is 0 Å². The molecule has 0 atom stereocenters. The molecule has 1 N–H and O–H groups in total. The summed E-state index contributed by atoms with van der Waals surface area (Å²) in [7, 11) is 0. The summed E-state index contributed by atoms with van der Waals surface area (Å²) in [4.78, 5) is 12.1. The number of halogens is 2. The van der Waals surface area contributed by atoms with Gasteiger partial charge in [-0.05, 0) is 38.1 Å². The number of nitrogens with one attached hydrogen (secondary N) is 1. The maximum absolute atomic E-state index is 12.1. The van der Waals surface area contributed by atoms with Crippen LogP contribution in [0, 0.1) is 13.8 Å². The van der Waals surface area contributed by atoms with Crippen LogP contribution in [0.2, 0.25) is 5.02 Å². The second-order valence-electron chi connectivity index (χ2n) is 3.91. The fraction of sp³-hybridized carbons (Fsp3) is 0.154. The van der Waals surface area contributed by atoms with Crippen LogP contribution in [0.5, 0.6) is 0 Å². The molecule has 18 heavy (non-hydrogen) atoms. The first-order valence-electron chi connectivity index (χ1n) is 5.31. The van der Waals surface area contributed by atoms with Crippen molar-refractivity contribution in [1.82, 2.24) is 0 Å². The number of rotatable bonds is 2. The molecule has 0 saturated carbocycles. The lowest BCUT2D eigenvalue weighted by Gasteiger charge is -2.06. The molecule has 2 rings (SSSR count). The lowest BCUT2D eigenvalue weighted by atomic mass is 10.2. The minimum Gasteiger partial charge on any atom is -0.466 e. The van der Waals surface area contributed by atoms with Crippen molar-refractivity contribution in [2.45, 2.75) is 13.8 Å². The Morgan fingerprint density at radius 2 is 2.06 bits per heavy atom. The van der Waals surface area contributed by atoms with E-state index in [9.17, 15) is 4.79 Å². The summed E-state index contributed by atoms with van der Waals surface area (Å²) in [5.74, 6) is 1.07. The molecule has 1 heterocycles. The Bertz CT molecular complexity index is 607. The van der Waals surface area contributed by atoms with Gasteiger partial charge in [-0.3, -0.25) is 4.79 Å². The summed E-state index contributed by atoms with van der Waals surface area (Å²) in [6.07, 6.45) is 0. The molecule has 0 aliphatic heterocycles. The molecule has 0 fully saturated rings. The lowest BCUT2D eigenvalue weighted by Crippen LogP contribution is -2.12. The average Bonchev–Trinajstić information content (AvgIpc) is 2.63. The number of aryl methyl sites for hydroxylation is 2. The lowest BCUT2D eigenvalue weighted by molar-refractivity contribution is 0.102. The molecule has 3 nitrogen and oxygen atoms in total. The molecule has 0 spiro atoms. The smallest absolute Gasteiger partial charge is 0.259 e. The van der Waals surface area contributed by atoms with Crippen LogP contribution < -0.4 is 5.32 Å². The first kappa shape index (κ1) is 13.2. The number of benzene rings is 1. The molecule has 94 valence electrons. The molecule has 0 unspecified atom stereocenters. The maximum Gasteiger partial charge on any atom is 0.259 e. The highest BCUT2D eigenvalue weighted by molar-refractivity contribution is 9.10. The van der Waals surface area contributed by atoms with Crippen LogP contribution in [0.1, 0.15) is 21.9 Å². The topological polar surface area (TPSA) is 42.2 Å². The van der Waals surface area contributed by atoms with Crippen LogP contribution in [0.15, 0.2) is 33.2 Å². The second kappa shape index (κ2) is 5.16. The molecule has 2 aromatic rings. The van der Waals surface area contributed by atoms with Gasteiger partial charge in [-0.2, -0.15) is 0 Å². The summed E-state index contributed by atoms with van der Waals surface area (Å²) in [5.41, 5.74) is 1.08. The number of hydrogen-bond acceptors (Lipinski definition) is 2. The Labute approximate surface area is 118 Å². The van der Waals surface area contributed by atoms with Gasteiger partial charge in [0.15, 0.2) is 0 Å². The first-order chi connectivity index (χ1) is 8.47. The van der Waals surface area contributed by atoms with Crippen LogP contribution >= 0.6 is 27.5 Å². The van der Waals surface area contributed by atoms with Crippen LogP contribution in [0.4, 0.5) is 5.69 Å². The van der Waals surface area contributed by atoms with Crippen LogP contribution in [0.25, 0.3) is 0 Å². The predicted octanol–water partition coefficient (Wildman–Crippen LogP) is 4.56. The van der Waals surface area contributed by atoms with E-state index in [4.69, 9.17) is 16.0 Å². The summed E-state index contributed by atoms with van der Waals surface area (Å²) >= 11 is 9.35. The van der Waals surface area contributed by atoms with Gasteiger partial charge in [0.05, 0.1) is 16.3 Å². The summed E-state index contributed by atoms with van der Waals surface area (Å²) in [5, 5.41) is 3.25. The molecular formula is C13H11BrClNO2. The van der Waals surface area contributed by atoms with E-state index >= 15 is 0 Å². The normalized spacial score (nSPS) is 10.4. The third kappa shape index (κ3) is 2.76. The number of amides is 1. The van der Waals surface area contributed by atoms with Gasteiger partial charge in [0.2, 0.25) is 0 Å². The fourth-order valence-corrected chi connectivity index (χ4v) is 2.17. The highest BCUT2D eigenvalue weighted by Crippen LogP contribution is 2.26. The van der Waals surface area contributed by atoms with Gasteiger partial charge in [-0.15, -0.1) is 0 Å². The molecule has 1 amide bonds. The zero-order chi connectivity index (χ0) is 13.3. The number of anilines is 1. The number of carbonyl (C=O) groups excluding carboxylic acids is 1. The Morgan fingerprint density at radius 3 is 2.67 bits per heavy atom. The molecule has 0 bridgehead atoms. The van der Waals surface area contributed by atoms with Crippen molar-refractivity contribution in [2.24, 2.45) is 0 Å². The molecular weight excluding hydrogens is 318 g/mol. The van der Waals surface area contributed by atoms with Gasteiger partial charge in [-0.25, -0.2) is 0 Å². The van der Waals surface area contributed by atoms with Gasteiger partial charge >= 0.3 is 0 Å². The van der Waals surface area contributed by atoms with E-state index in [-0.39, 0.29) is 5.91 Å². The predicted molar refractivity (Wildman–Crippen MR) is 75.3 cm³/mol. The van der Waals surface area contributed by atoms with E-state index in [2.05, 4.69) is 21.2 Å². The van der Waals surface area contributed by atoms with Crippen LogP contribution in [-0.2, 0) is 0 Å². The van der Waals surface area contributed by atoms with Crippen molar-refractivity contribution in [3.63, 3.8) is 0 Å². The van der Waals surface area contributed by atoms with E-state index in [0.29, 0.717) is 27.8 Å². The largest absolute Gasteiger partial charge is 0.466 e. The van der Waals surface area contributed by atoms with Crippen molar-refractivity contribution in [2.75, 3.05) is 5.32 Å². The van der Waals surface area contributed by atoms with Gasteiger partial charge in [0.25, 0.3) is 5.91 Å².